The van der Waals surface area contributed by atoms with Gasteiger partial charge in [-0.2, -0.15) is 18.3 Å². The van der Waals surface area contributed by atoms with Gasteiger partial charge in [0.05, 0.1) is 12.7 Å². The molecule has 0 saturated carbocycles. The van der Waals surface area contributed by atoms with Gasteiger partial charge in [-0.1, -0.05) is 18.2 Å². The minimum atomic E-state index is -4.44. The van der Waals surface area contributed by atoms with Crippen molar-refractivity contribution in [3.05, 3.63) is 65.0 Å². The zero-order valence-electron chi connectivity index (χ0n) is 21.4. The Kier molecular flexibility index (Phi) is 8.39. The lowest BCUT2D eigenvalue weighted by Crippen LogP contribution is -2.43. The minimum absolute atomic E-state index is 0.0236. The lowest BCUT2D eigenvalue weighted by molar-refractivity contribution is -0.138. The predicted octanol–water partition coefficient (Wildman–Crippen LogP) is 5.71. The first-order valence-electron chi connectivity index (χ1n) is 12.3. The summed E-state index contributed by atoms with van der Waals surface area (Å²) >= 11 is 0. The summed E-state index contributed by atoms with van der Waals surface area (Å²) in [5.74, 6) is 0.685. The highest BCUT2D eigenvalue weighted by Gasteiger charge is 2.33. The van der Waals surface area contributed by atoms with Crippen molar-refractivity contribution in [2.45, 2.75) is 51.0 Å². The molecule has 1 aromatic carbocycles. The number of methoxy groups -OCH3 is 1. The van der Waals surface area contributed by atoms with E-state index in [2.05, 4.69) is 20.7 Å². The zero-order valence-corrected chi connectivity index (χ0v) is 21.4. The molecule has 4 rings (SSSR count). The van der Waals surface area contributed by atoms with Gasteiger partial charge in [0.25, 0.3) is 6.43 Å². The largest absolute Gasteiger partial charge is 0.480 e. The van der Waals surface area contributed by atoms with Crippen LogP contribution in [0.15, 0.2) is 42.7 Å². The van der Waals surface area contributed by atoms with Crippen molar-refractivity contribution in [1.82, 2.24) is 20.1 Å². The second-order valence-electron chi connectivity index (χ2n) is 9.32. The molecule has 1 aliphatic rings. The fourth-order valence-electron chi connectivity index (χ4n) is 4.90. The summed E-state index contributed by atoms with van der Waals surface area (Å²) in [7, 11) is 3.17. The van der Waals surface area contributed by atoms with Crippen LogP contribution in [0.2, 0.25) is 0 Å². The average Bonchev–Trinajstić information content (AvgIpc) is 3.27. The van der Waals surface area contributed by atoms with Crippen molar-refractivity contribution in [3.8, 4) is 5.88 Å². The molecule has 0 aliphatic carbocycles. The van der Waals surface area contributed by atoms with Gasteiger partial charge in [0, 0.05) is 62.3 Å². The Morgan fingerprint density at radius 2 is 1.82 bits per heavy atom. The molecule has 3 aromatic rings. The lowest BCUT2D eigenvalue weighted by atomic mass is 10.0. The van der Waals surface area contributed by atoms with Gasteiger partial charge in [-0.15, -0.1) is 0 Å². The molecule has 0 bridgehead atoms. The third kappa shape index (κ3) is 6.17. The maximum Gasteiger partial charge on any atom is 0.416 e. The number of rotatable bonds is 9. The summed E-state index contributed by atoms with van der Waals surface area (Å²) < 4.78 is 74.3. The first-order valence-corrected chi connectivity index (χ1v) is 12.3. The fraction of sp³-hybridized carbons (Fsp3) is 0.462. The topological polar surface area (TPSA) is 67.2 Å². The van der Waals surface area contributed by atoms with Crippen molar-refractivity contribution in [3.63, 3.8) is 0 Å². The highest BCUT2D eigenvalue weighted by molar-refractivity contribution is 5.61. The molecule has 206 valence electrons. The predicted molar refractivity (Wildman–Crippen MR) is 135 cm³/mol. The molecule has 1 fully saturated rings. The van der Waals surface area contributed by atoms with E-state index in [0.717, 1.165) is 11.6 Å². The van der Waals surface area contributed by atoms with E-state index >= 15 is 0 Å². The second-order valence-corrected chi connectivity index (χ2v) is 9.32. The van der Waals surface area contributed by atoms with Gasteiger partial charge in [0.15, 0.2) is 5.82 Å². The Morgan fingerprint density at radius 3 is 2.47 bits per heavy atom. The molecule has 0 amide bonds. The van der Waals surface area contributed by atoms with Crippen LogP contribution < -0.4 is 20.3 Å². The smallest absolute Gasteiger partial charge is 0.416 e. The second kappa shape index (κ2) is 11.5. The number of hydrogen-bond acceptors (Lipinski definition) is 6. The molecule has 2 N–H and O–H groups in total. The quantitative estimate of drug-likeness (QED) is 0.340. The van der Waals surface area contributed by atoms with E-state index in [1.807, 2.05) is 18.0 Å². The number of ether oxygens (including phenoxy) is 1. The van der Waals surface area contributed by atoms with Crippen molar-refractivity contribution in [2.75, 3.05) is 30.4 Å². The van der Waals surface area contributed by atoms with E-state index in [1.54, 1.807) is 17.8 Å². The number of piperidine rings is 1. The molecule has 7 nitrogen and oxygen atoms in total. The lowest BCUT2D eigenvalue weighted by Gasteiger charge is -2.36. The number of halogens is 5. The van der Waals surface area contributed by atoms with Gasteiger partial charge < -0.3 is 20.3 Å². The van der Waals surface area contributed by atoms with E-state index in [1.165, 1.54) is 31.5 Å². The van der Waals surface area contributed by atoms with E-state index < -0.39 is 18.2 Å². The Bertz CT molecular complexity index is 1220. The van der Waals surface area contributed by atoms with Crippen LogP contribution in [0, 0.1) is 0 Å². The van der Waals surface area contributed by atoms with Crippen LogP contribution in [0.3, 0.4) is 0 Å². The molecule has 3 heterocycles. The average molecular weight is 539 g/mol. The summed E-state index contributed by atoms with van der Waals surface area (Å²) in [6.45, 7) is 3.03. The number of benzene rings is 1. The Hall–Kier alpha value is -3.41. The normalized spacial score (nSPS) is 15.7. The number of hydrogen-bond donors (Lipinski definition) is 2. The summed E-state index contributed by atoms with van der Waals surface area (Å²) in [5.41, 5.74) is 0.513. The summed E-state index contributed by atoms with van der Waals surface area (Å²) in [6, 6.07) is 6.74. The molecule has 1 saturated heterocycles. The van der Waals surface area contributed by atoms with Crippen LogP contribution in [0.5, 0.6) is 5.88 Å². The molecule has 2 aromatic heterocycles. The van der Waals surface area contributed by atoms with E-state index in [4.69, 9.17) is 4.74 Å². The van der Waals surface area contributed by atoms with E-state index in [9.17, 15) is 22.0 Å². The number of nitrogens with one attached hydrogen (secondary N) is 2. The molecule has 1 atom stereocenters. The van der Waals surface area contributed by atoms with Crippen LogP contribution in [0.1, 0.15) is 54.5 Å². The van der Waals surface area contributed by atoms with Gasteiger partial charge in [-0.3, -0.25) is 4.68 Å². The molecule has 1 aliphatic heterocycles. The SMILES string of the molecule is COc1nccc(C(F)F)c1N1CCC(NC(C)c2cn(C)nc2NCc2ccccc2C(F)(F)F)CC1. The van der Waals surface area contributed by atoms with Gasteiger partial charge >= 0.3 is 6.18 Å². The highest BCUT2D eigenvalue weighted by atomic mass is 19.4. The molecular formula is C26H31F5N6O. The number of nitrogens with zero attached hydrogens (tertiary/aromatic N) is 4. The van der Waals surface area contributed by atoms with Crippen LogP contribution >= 0.6 is 0 Å². The molecule has 12 heteroatoms. The monoisotopic (exact) mass is 538 g/mol. The van der Waals surface area contributed by atoms with Crippen molar-refractivity contribution in [2.24, 2.45) is 7.05 Å². The summed E-state index contributed by atoms with van der Waals surface area (Å²) in [5, 5.41) is 11.0. The fourth-order valence-corrected chi connectivity index (χ4v) is 4.90. The minimum Gasteiger partial charge on any atom is -0.480 e. The van der Waals surface area contributed by atoms with Gasteiger partial charge in [0.1, 0.15) is 5.69 Å². The summed E-state index contributed by atoms with van der Waals surface area (Å²) in [6.07, 6.45) is -2.52. The zero-order chi connectivity index (χ0) is 27.4. The Morgan fingerprint density at radius 1 is 1.11 bits per heavy atom. The molecule has 38 heavy (non-hydrogen) atoms. The van der Waals surface area contributed by atoms with Crippen LogP contribution in [0.25, 0.3) is 0 Å². The van der Waals surface area contributed by atoms with Gasteiger partial charge in [0.2, 0.25) is 5.88 Å². The van der Waals surface area contributed by atoms with Crippen LogP contribution in [0.4, 0.5) is 33.5 Å². The highest BCUT2D eigenvalue weighted by Crippen LogP contribution is 2.38. The number of anilines is 2. The van der Waals surface area contributed by atoms with Gasteiger partial charge in [-0.25, -0.2) is 13.8 Å². The number of aryl methyl sites for hydroxylation is 1. The number of pyridine rings is 1. The first kappa shape index (κ1) is 27.6. The van der Waals surface area contributed by atoms with Crippen molar-refractivity contribution < 1.29 is 26.7 Å². The standard InChI is InChI=1S/C26H31F5N6O/c1-16(20-15-36(2)35-24(20)33-14-17-6-4-5-7-21(17)26(29,30)31)34-18-9-12-37(13-10-18)22-19(23(27)28)8-11-32-25(22)38-3/h4-8,11,15-16,18,23,34H,9-10,12-14H2,1-3H3,(H,33,35). The van der Waals surface area contributed by atoms with Gasteiger partial charge in [-0.05, 0) is 37.5 Å². The molecule has 0 radical (unpaired) electrons. The summed E-state index contributed by atoms with van der Waals surface area (Å²) in [4.78, 5) is 5.98. The maximum absolute atomic E-state index is 13.6. The third-order valence-corrected chi connectivity index (χ3v) is 6.74. The third-order valence-electron chi connectivity index (χ3n) is 6.74. The number of aromatic nitrogens is 3. The van der Waals surface area contributed by atoms with Crippen molar-refractivity contribution in [1.29, 1.82) is 0 Å². The maximum atomic E-state index is 13.6. The Balaban J connectivity index is 1.41. The van der Waals surface area contributed by atoms with Crippen LogP contribution in [-0.2, 0) is 19.8 Å². The first-order chi connectivity index (χ1) is 18.1. The molecule has 0 spiro atoms. The Labute approximate surface area is 218 Å². The molecule has 1 unspecified atom stereocenters. The van der Waals surface area contributed by atoms with Crippen molar-refractivity contribution >= 4 is 11.5 Å². The van der Waals surface area contributed by atoms with E-state index in [-0.39, 0.29) is 35.6 Å². The van der Waals surface area contributed by atoms with E-state index in [0.29, 0.717) is 37.4 Å². The van der Waals surface area contributed by atoms with Crippen LogP contribution in [-0.4, -0.2) is 41.0 Å². The molecular weight excluding hydrogens is 507 g/mol. The number of alkyl halides is 5.